The first kappa shape index (κ1) is 38.5. The lowest BCUT2D eigenvalue weighted by Gasteiger charge is -2.20. The van der Waals surface area contributed by atoms with Gasteiger partial charge in [0.1, 0.15) is 0 Å². The second-order valence-electron chi connectivity index (χ2n) is 17.5. The lowest BCUT2D eigenvalue weighted by Crippen LogP contribution is -2.03. The van der Waals surface area contributed by atoms with Gasteiger partial charge in [0.15, 0.2) is 17.5 Å². The highest BCUT2D eigenvalue weighted by atomic mass is 32.1. The van der Waals surface area contributed by atoms with E-state index in [0.717, 1.165) is 60.9 Å². The Morgan fingerprint density at radius 2 is 0.853 bits per heavy atom. The molecule has 0 aliphatic rings. The fraction of sp³-hybridized carbons (Fsp3) is 0. The zero-order valence-corrected chi connectivity index (χ0v) is 37.5. The molecule has 0 spiro atoms. The van der Waals surface area contributed by atoms with Crippen molar-refractivity contribution in [2.75, 3.05) is 0 Å². The quantitative estimate of drug-likeness (QED) is 0.167. The first-order valence-electron chi connectivity index (χ1n) is 23.0. The maximum atomic E-state index is 5.44. The molecule has 3 heterocycles. The van der Waals surface area contributed by atoms with Crippen molar-refractivity contribution in [3.05, 3.63) is 231 Å². The van der Waals surface area contributed by atoms with Crippen LogP contribution in [0.1, 0.15) is 0 Å². The Bertz CT molecular complexity index is 4300. The monoisotopic (exact) mass is 882 g/mol. The van der Waals surface area contributed by atoms with E-state index >= 15 is 0 Å². The van der Waals surface area contributed by atoms with Gasteiger partial charge in [-0.25, -0.2) is 15.0 Å². The van der Waals surface area contributed by atoms with E-state index in [1.807, 2.05) is 18.2 Å². The summed E-state index contributed by atoms with van der Waals surface area (Å²) in [4.78, 5) is 16.0. The van der Waals surface area contributed by atoms with Crippen molar-refractivity contribution in [1.29, 1.82) is 0 Å². The molecule has 0 aliphatic heterocycles. The molecule has 0 N–H and O–H groups in total. The van der Waals surface area contributed by atoms with E-state index < -0.39 is 0 Å². The second kappa shape index (κ2) is 15.4. The summed E-state index contributed by atoms with van der Waals surface area (Å²) in [6.45, 7) is 0. The average molecular weight is 883 g/mol. The van der Waals surface area contributed by atoms with Crippen molar-refractivity contribution in [1.82, 2.24) is 19.5 Å². The summed E-state index contributed by atoms with van der Waals surface area (Å²) >= 11 is 1.80. The summed E-state index contributed by atoms with van der Waals surface area (Å²) in [5.74, 6) is 1.89. The molecule has 5 heteroatoms. The number of fused-ring (bicyclic) bond motifs is 10. The Morgan fingerprint density at radius 1 is 0.294 bits per heavy atom. The largest absolute Gasteiger partial charge is 0.308 e. The molecule has 316 valence electrons. The van der Waals surface area contributed by atoms with E-state index in [0.29, 0.717) is 17.5 Å². The molecule has 0 saturated heterocycles. The summed E-state index contributed by atoms with van der Waals surface area (Å²) in [7, 11) is 0. The SMILES string of the molecule is c1ccc(-c2ccc(-c3cc(-c4nc(-c5ccccc5)nc(-c5ccc6c(c5)sc5ccccc56)n4)c4ccccc4c3-n3c4cc5ccccc5cc4c4c5ccccc5ccc43)cc2)cc1. The van der Waals surface area contributed by atoms with Gasteiger partial charge in [-0.05, 0) is 80.0 Å². The molecule has 0 radical (unpaired) electrons. The average Bonchev–Trinajstić information content (AvgIpc) is 3.95. The van der Waals surface area contributed by atoms with E-state index in [1.165, 1.54) is 58.1 Å². The maximum Gasteiger partial charge on any atom is 0.164 e. The van der Waals surface area contributed by atoms with E-state index in [4.69, 9.17) is 15.0 Å². The van der Waals surface area contributed by atoms with Crippen molar-refractivity contribution in [2.45, 2.75) is 0 Å². The molecule has 0 aliphatic carbocycles. The third-order valence-electron chi connectivity index (χ3n) is 13.6. The van der Waals surface area contributed by atoms with Crippen molar-refractivity contribution in [2.24, 2.45) is 0 Å². The van der Waals surface area contributed by atoms with Gasteiger partial charge < -0.3 is 4.57 Å². The summed E-state index contributed by atoms with van der Waals surface area (Å²) < 4.78 is 4.99. The molecular formula is C63H38N4S. The van der Waals surface area contributed by atoms with Gasteiger partial charge in [0.25, 0.3) is 0 Å². The first-order valence-corrected chi connectivity index (χ1v) is 23.8. The van der Waals surface area contributed by atoms with Crippen LogP contribution >= 0.6 is 11.3 Å². The molecular weight excluding hydrogens is 845 g/mol. The molecule has 0 bridgehead atoms. The van der Waals surface area contributed by atoms with Crippen molar-refractivity contribution >= 4 is 85.6 Å². The van der Waals surface area contributed by atoms with Crippen LogP contribution in [0.5, 0.6) is 0 Å². The van der Waals surface area contributed by atoms with Crippen LogP contribution in [0.15, 0.2) is 231 Å². The van der Waals surface area contributed by atoms with Gasteiger partial charge in [-0.1, -0.05) is 194 Å². The topological polar surface area (TPSA) is 43.6 Å². The van der Waals surface area contributed by atoms with Crippen LogP contribution in [0, 0.1) is 0 Å². The normalized spacial score (nSPS) is 11.8. The summed E-state index contributed by atoms with van der Waals surface area (Å²) in [5.41, 5.74) is 10.7. The third kappa shape index (κ3) is 6.17. The fourth-order valence-electron chi connectivity index (χ4n) is 10.4. The van der Waals surface area contributed by atoms with Crippen LogP contribution in [-0.4, -0.2) is 19.5 Å². The Hall–Kier alpha value is -8.77. The van der Waals surface area contributed by atoms with Gasteiger partial charge in [-0.2, -0.15) is 0 Å². The number of nitrogens with zero attached hydrogens (tertiary/aromatic N) is 4. The van der Waals surface area contributed by atoms with Crippen molar-refractivity contribution in [3.63, 3.8) is 0 Å². The van der Waals surface area contributed by atoms with Crippen LogP contribution in [0.25, 0.3) is 136 Å². The minimum Gasteiger partial charge on any atom is -0.308 e. The van der Waals surface area contributed by atoms with Crippen LogP contribution < -0.4 is 0 Å². The van der Waals surface area contributed by atoms with Crippen LogP contribution in [0.2, 0.25) is 0 Å². The summed E-state index contributed by atoms with van der Waals surface area (Å²) in [6.07, 6.45) is 0. The third-order valence-corrected chi connectivity index (χ3v) is 14.7. The molecule has 0 saturated carbocycles. The molecule has 14 rings (SSSR count). The zero-order chi connectivity index (χ0) is 44.7. The van der Waals surface area contributed by atoms with Crippen LogP contribution in [-0.2, 0) is 0 Å². The smallest absolute Gasteiger partial charge is 0.164 e. The van der Waals surface area contributed by atoms with Gasteiger partial charge in [0.2, 0.25) is 0 Å². The Labute approximate surface area is 395 Å². The Balaban J connectivity index is 1.08. The highest BCUT2D eigenvalue weighted by Crippen LogP contribution is 2.46. The first-order chi connectivity index (χ1) is 33.7. The predicted molar refractivity (Wildman–Crippen MR) is 287 cm³/mol. The Kier molecular flexibility index (Phi) is 8.73. The molecule has 0 unspecified atom stereocenters. The molecule has 68 heavy (non-hydrogen) atoms. The van der Waals surface area contributed by atoms with Crippen LogP contribution in [0.4, 0.5) is 0 Å². The van der Waals surface area contributed by atoms with Crippen LogP contribution in [0.3, 0.4) is 0 Å². The minimum absolute atomic E-state index is 0.620. The van der Waals surface area contributed by atoms with Gasteiger partial charge in [-0.3, -0.25) is 0 Å². The number of rotatable bonds is 6. The van der Waals surface area contributed by atoms with Crippen molar-refractivity contribution in [3.8, 4) is 62.1 Å². The lowest BCUT2D eigenvalue weighted by molar-refractivity contribution is 1.08. The number of hydrogen-bond donors (Lipinski definition) is 0. The highest BCUT2D eigenvalue weighted by Gasteiger charge is 2.24. The van der Waals surface area contributed by atoms with E-state index in [-0.39, 0.29) is 0 Å². The highest BCUT2D eigenvalue weighted by molar-refractivity contribution is 7.25. The molecule has 4 nitrogen and oxygen atoms in total. The lowest BCUT2D eigenvalue weighted by atomic mass is 9.92. The minimum atomic E-state index is 0.620. The van der Waals surface area contributed by atoms with Gasteiger partial charge in [-0.15, -0.1) is 11.3 Å². The Morgan fingerprint density at radius 3 is 1.63 bits per heavy atom. The molecule has 11 aromatic carbocycles. The van der Waals surface area contributed by atoms with Gasteiger partial charge in [0, 0.05) is 58.6 Å². The predicted octanol–water partition coefficient (Wildman–Crippen LogP) is 17.1. The molecule has 0 atom stereocenters. The number of hydrogen-bond acceptors (Lipinski definition) is 4. The number of aromatic nitrogens is 4. The molecule has 0 fully saturated rings. The molecule has 3 aromatic heterocycles. The standard InChI is InChI=1S/C63H38N4S/c1-3-15-39(16-4-1)40-27-29-42(30-28-40)52-38-53(63-65-61(43-18-5-2-6-19-43)64-62(66-63)46-31-33-50-49-24-13-14-26-57(49)68-58(50)37-46)48-23-11-12-25-51(48)60(52)67-55-34-32-41-17-9-10-22-47(41)59(55)54-35-44-20-7-8-21-45(44)36-56(54)67/h1-38H. The van der Waals surface area contributed by atoms with Crippen molar-refractivity contribution < 1.29 is 0 Å². The van der Waals surface area contributed by atoms with E-state index in [2.05, 4.69) is 217 Å². The maximum absolute atomic E-state index is 5.44. The van der Waals surface area contributed by atoms with Gasteiger partial charge in [0.05, 0.1) is 16.7 Å². The summed E-state index contributed by atoms with van der Waals surface area (Å²) in [6, 6.07) is 83.1. The fourth-order valence-corrected chi connectivity index (χ4v) is 11.5. The van der Waals surface area contributed by atoms with E-state index in [9.17, 15) is 0 Å². The second-order valence-corrected chi connectivity index (χ2v) is 18.6. The number of thiophene rings is 1. The zero-order valence-electron chi connectivity index (χ0n) is 36.6. The molecule has 14 aromatic rings. The molecule has 0 amide bonds. The number of benzene rings is 11. The van der Waals surface area contributed by atoms with Gasteiger partial charge >= 0.3 is 0 Å². The van der Waals surface area contributed by atoms with E-state index in [1.54, 1.807) is 11.3 Å². The summed E-state index contributed by atoms with van der Waals surface area (Å²) in [5, 5.41) is 12.0.